The zero-order valence-electron chi connectivity index (χ0n) is 14.9. The number of hydrogen-bond donors (Lipinski definition) is 1. The number of amides is 1. The van der Waals surface area contributed by atoms with Gasteiger partial charge in [0.15, 0.2) is 6.10 Å². The molecule has 24 heavy (non-hydrogen) atoms. The molecular formula is C19H28N2O3. The molecule has 0 unspecified atom stereocenters. The van der Waals surface area contributed by atoms with Gasteiger partial charge in [-0.1, -0.05) is 19.3 Å². The Morgan fingerprint density at radius 3 is 2.46 bits per heavy atom. The fourth-order valence-corrected chi connectivity index (χ4v) is 3.72. The Labute approximate surface area is 143 Å². The fraction of sp³-hybridized carbons (Fsp3) is 0.684. The van der Waals surface area contributed by atoms with Crippen molar-refractivity contribution in [3.05, 3.63) is 23.0 Å². The van der Waals surface area contributed by atoms with E-state index in [9.17, 15) is 9.59 Å². The van der Waals surface area contributed by atoms with Crippen molar-refractivity contribution in [2.24, 2.45) is 0 Å². The van der Waals surface area contributed by atoms with Crippen molar-refractivity contribution >= 4 is 11.9 Å². The van der Waals surface area contributed by atoms with Gasteiger partial charge in [-0.05, 0) is 52.5 Å². The number of hydrogen-bond acceptors (Lipinski definition) is 3. The van der Waals surface area contributed by atoms with Gasteiger partial charge < -0.3 is 14.6 Å². The van der Waals surface area contributed by atoms with Crippen LogP contribution in [0.1, 0.15) is 79.7 Å². The molecule has 0 aromatic carbocycles. The number of aromatic nitrogens is 1. The van der Waals surface area contributed by atoms with E-state index >= 15 is 0 Å². The van der Waals surface area contributed by atoms with Crippen LogP contribution in [0.5, 0.6) is 0 Å². The van der Waals surface area contributed by atoms with E-state index in [4.69, 9.17) is 4.74 Å². The highest BCUT2D eigenvalue weighted by Crippen LogP contribution is 2.38. The molecule has 5 heteroatoms. The number of nitrogens with zero attached hydrogens (tertiary/aromatic N) is 1. The lowest BCUT2D eigenvalue weighted by Gasteiger charge is -2.24. The van der Waals surface area contributed by atoms with Gasteiger partial charge in [0.1, 0.15) is 0 Å². The first-order chi connectivity index (χ1) is 11.5. The summed E-state index contributed by atoms with van der Waals surface area (Å²) < 4.78 is 7.64. The van der Waals surface area contributed by atoms with E-state index in [0.29, 0.717) is 11.6 Å². The third-order valence-corrected chi connectivity index (χ3v) is 5.22. The van der Waals surface area contributed by atoms with Crippen LogP contribution in [-0.2, 0) is 9.53 Å². The van der Waals surface area contributed by atoms with Crippen LogP contribution in [-0.4, -0.2) is 28.6 Å². The van der Waals surface area contributed by atoms with Crippen LogP contribution in [0.25, 0.3) is 0 Å². The molecule has 0 aliphatic heterocycles. The Kier molecular flexibility index (Phi) is 4.97. The van der Waals surface area contributed by atoms with Gasteiger partial charge in [0.05, 0.1) is 5.56 Å². The summed E-state index contributed by atoms with van der Waals surface area (Å²) in [7, 11) is 0. The summed E-state index contributed by atoms with van der Waals surface area (Å²) >= 11 is 0. The van der Waals surface area contributed by atoms with Gasteiger partial charge in [0.25, 0.3) is 5.91 Å². The first-order valence-electron chi connectivity index (χ1n) is 9.17. The molecule has 1 aromatic heterocycles. The van der Waals surface area contributed by atoms with Crippen LogP contribution in [0.15, 0.2) is 6.07 Å². The van der Waals surface area contributed by atoms with E-state index in [1.807, 2.05) is 19.9 Å². The number of nitrogens with one attached hydrogen (secondary N) is 1. The molecular weight excluding hydrogens is 304 g/mol. The molecule has 1 atom stereocenters. The molecule has 3 rings (SSSR count). The van der Waals surface area contributed by atoms with E-state index in [2.05, 4.69) is 9.88 Å². The average Bonchev–Trinajstić information content (AvgIpc) is 3.33. The molecule has 2 aliphatic rings. The Balaban J connectivity index is 1.59. The maximum atomic E-state index is 12.5. The number of esters is 1. The van der Waals surface area contributed by atoms with Gasteiger partial charge in [-0.2, -0.15) is 0 Å². The summed E-state index contributed by atoms with van der Waals surface area (Å²) in [5.41, 5.74) is 2.61. The minimum Gasteiger partial charge on any atom is -0.449 e. The van der Waals surface area contributed by atoms with E-state index in [-0.39, 0.29) is 11.9 Å². The highest BCUT2D eigenvalue weighted by molar-refractivity contribution is 5.93. The van der Waals surface area contributed by atoms with Crippen molar-refractivity contribution in [1.82, 2.24) is 9.88 Å². The third-order valence-electron chi connectivity index (χ3n) is 5.22. The SMILES string of the molecule is Cc1cc(C(=O)O[C@H](C)C(=O)NC2CCCCC2)c(C)n1C1CC1. The Bertz CT molecular complexity index is 625. The largest absolute Gasteiger partial charge is 0.449 e. The van der Waals surface area contributed by atoms with Gasteiger partial charge in [0.2, 0.25) is 0 Å². The molecule has 0 radical (unpaired) electrons. The normalized spacial score (nSPS) is 19.8. The lowest BCUT2D eigenvalue weighted by atomic mass is 9.95. The van der Waals surface area contributed by atoms with E-state index in [1.54, 1.807) is 6.92 Å². The monoisotopic (exact) mass is 332 g/mol. The summed E-state index contributed by atoms with van der Waals surface area (Å²) in [4.78, 5) is 24.7. The van der Waals surface area contributed by atoms with E-state index in [1.165, 1.54) is 19.3 Å². The van der Waals surface area contributed by atoms with Crippen molar-refractivity contribution in [2.45, 2.75) is 83.9 Å². The predicted molar refractivity (Wildman–Crippen MR) is 92.1 cm³/mol. The number of aryl methyl sites for hydroxylation is 1. The van der Waals surface area contributed by atoms with Crippen LogP contribution in [0.4, 0.5) is 0 Å². The van der Waals surface area contributed by atoms with Crippen molar-refractivity contribution in [3.63, 3.8) is 0 Å². The first-order valence-corrected chi connectivity index (χ1v) is 9.17. The van der Waals surface area contributed by atoms with Crippen molar-refractivity contribution in [2.75, 3.05) is 0 Å². The summed E-state index contributed by atoms with van der Waals surface area (Å²) in [6.45, 7) is 5.62. The summed E-state index contributed by atoms with van der Waals surface area (Å²) in [5.74, 6) is -0.590. The van der Waals surface area contributed by atoms with Gasteiger partial charge >= 0.3 is 5.97 Å². The molecule has 2 saturated carbocycles. The zero-order chi connectivity index (χ0) is 17.3. The lowest BCUT2D eigenvalue weighted by molar-refractivity contribution is -0.130. The number of carbonyl (C=O) groups excluding carboxylic acids is 2. The molecule has 2 aliphatic carbocycles. The molecule has 2 fully saturated rings. The van der Waals surface area contributed by atoms with Crippen LogP contribution in [0, 0.1) is 13.8 Å². The highest BCUT2D eigenvalue weighted by Gasteiger charge is 2.30. The van der Waals surface area contributed by atoms with E-state index < -0.39 is 12.1 Å². The quantitative estimate of drug-likeness (QED) is 0.840. The minimum absolute atomic E-state index is 0.189. The average molecular weight is 332 g/mol. The van der Waals surface area contributed by atoms with Crippen molar-refractivity contribution < 1.29 is 14.3 Å². The second kappa shape index (κ2) is 6.99. The lowest BCUT2D eigenvalue weighted by Crippen LogP contribution is -2.42. The minimum atomic E-state index is -0.761. The molecule has 0 spiro atoms. The van der Waals surface area contributed by atoms with Gasteiger partial charge in [-0.15, -0.1) is 0 Å². The van der Waals surface area contributed by atoms with Crippen LogP contribution in [0.2, 0.25) is 0 Å². The van der Waals surface area contributed by atoms with Crippen LogP contribution >= 0.6 is 0 Å². The Morgan fingerprint density at radius 2 is 1.83 bits per heavy atom. The second-order valence-corrected chi connectivity index (χ2v) is 7.28. The highest BCUT2D eigenvalue weighted by atomic mass is 16.5. The molecule has 0 saturated heterocycles. The fourth-order valence-electron chi connectivity index (χ4n) is 3.72. The Hall–Kier alpha value is -1.78. The van der Waals surface area contributed by atoms with Gasteiger partial charge in [-0.25, -0.2) is 4.79 Å². The first kappa shape index (κ1) is 17.1. The molecule has 5 nitrogen and oxygen atoms in total. The molecule has 1 aromatic rings. The standard InChI is InChI=1S/C19H28N2O3/c1-12-11-17(13(2)21(12)16-9-10-16)19(23)24-14(3)18(22)20-15-7-5-4-6-8-15/h11,14-16H,4-10H2,1-3H3,(H,20,22)/t14-/m1/s1. The van der Waals surface area contributed by atoms with Crippen LogP contribution < -0.4 is 5.32 Å². The molecule has 0 bridgehead atoms. The maximum Gasteiger partial charge on any atom is 0.340 e. The van der Waals surface area contributed by atoms with Crippen LogP contribution in [0.3, 0.4) is 0 Å². The maximum absolute atomic E-state index is 12.5. The summed E-state index contributed by atoms with van der Waals surface area (Å²) in [6.07, 6.45) is 7.19. The smallest absolute Gasteiger partial charge is 0.340 e. The predicted octanol–water partition coefficient (Wildman–Crippen LogP) is 3.43. The molecule has 1 amide bonds. The van der Waals surface area contributed by atoms with Gasteiger partial charge in [0, 0.05) is 23.5 Å². The summed E-state index contributed by atoms with van der Waals surface area (Å²) in [5, 5.41) is 3.01. The topological polar surface area (TPSA) is 60.3 Å². The number of carbonyl (C=O) groups is 2. The summed E-state index contributed by atoms with van der Waals surface area (Å²) in [6, 6.07) is 2.63. The number of rotatable bonds is 5. The van der Waals surface area contributed by atoms with E-state index in [0.717, 1.165) is 37.1 Å². The second-order valence-electron chi connectivity index (χ2n) is 7.28. The molecule has 132 valence electrons. The third kappa shape index (κ3) is 3.65. The van der Waals surface area contributed by atoms with Gasteiger partial charge in [-0.3, -0.25) is 4.79 Å². The van der Waals surface area contributed by atoms with Crippen molar-refractivity contribution in [1.29, 1.82) is 0 Å². The zero-order valence-corrected chi connectivity index (χ0v) is 14.9. The molecule has 1 heterocycles. The molecule has 1 N–H and O–H groups in total. The Morgan fingerprint density at radius 1 is 1.17 bits per heavy atom. The van der Waals surface area contributed by atoms with Crippen molar-refractivity contribution in [3.8, 4) is 0 Å². The number of ether oxygens (including phenoxy) is 1.